The van der Waals surface area contributed by atoms with Gasteiger partial charge in [0.2, 0.25) is 0 Å². The summed E-state index contributed by atoms with van der Waals surface area (Å²) in [5.74, 6) is 1.93. The number of imidazole rings is 1. The fraction of sp³-hybridized carbons (Fsp3) is 0.786. The first-order valence-corrected chi connectivity index (χ1v) is 7.20. The van der Waals surface area contributed by atoms with Gasteiger partial charge in [0.15, 0.2) is 0 Å². The van der Waals surface area contributed by atoms with Gasteiger partial charge < -0.3 is 14.6 Å². The molecule has 0 aromatic carbocycles. The van der Waals surface area contributed by atoms with Crippen molar-refractivity contribution < 1.29 is 4.74 Å². The maximum atomic E-state index is 5.47. The van der Waals surface area contributed by atoms with Gasteiger partial charge >= 0.3 is 0 Å². The molecule has 0 aliphatic carbocycles. The van der Waals surface area contributed by atoms with Crippen molar-refractivity contribution >= 4 is 0 Å². The molecule has 0 saturated carbocycles. The predicted molar refractivity (Wildman–Crippen MR) is 71.0 cm³/mol. The summed E-state index contributed by atoms with van der Waals surface area (Å²) in [5, 5.41) is 3.22. The fourth-order valence-electron chi connectivity index (χ4n) is 3.22. The highest BCUT2D eigenvalue weighted by Crippen LogP contribution is 2.32. The molecular weight excluding hydrogens is 226 g/mol. The Morgan fingerprint density at radius 3 is 3.00 bits per heavy atom. The van der Waals surface area contributed by atoms with Crippen molar-refractivity contribution in [2.75, 3.05) is 26.8 Å². The Morgan fingerprint density at radius 2 is 2.22 bits per heavy atom. The number of hydrogen-bond donors (Lipinski definition) is 1. The average Bonchev–Trinajstić information content (AvgIpc) is 3.00. The molecule has 1 aromatic rings. The topological polar surface area (TPSA) is 39.1 Å². The maximum absolute atomic E-state index is 5.47. The highest BCUT2D eigenvalue weighted by atomic mass is 16.5. The summed E-state index contributed by atoms with van der Waals surface area (Å²) in [6.07, 6.45) is 5.86. The molecule has 1 N–H and O–H groups in total. The van der Waals surface area contributed by atoms with Crippen molar-refractivity contribution in [1.29, 1.82) is 0 Å². The number of likely N-dealkylation sites (N-methyl/N-ethyl adjacent to an activating group) is 1. The number of rotatable bonds is 4. The van der Waals surface area contributed by atoms with Gasteiger partial charge in [0.1, 0.15) is 5.82 Å². The van der Waals surface area contributed by atoms with Crippen molar-refractivity contribution in [2.24, 2.45) is 0 Å². The molecule has 0 atom stereocenters. The molecule has 1 saturated heterocycles. The third kappa shape index (κ3) is 2.19. The van der Waals surface area contributed by atoms with Crippen LogP contribution < -0.4 is 5.32 Å². The minimum absolute atomic E-state index is 0.640. The van der Waals surface area contributed by atoms with Gasteiger partial charge in [-0.15, -0.1) is 0 Å². The first kappa shape index (κ1) is 12.2. The Hall–Kier alpha value is -0.870. The number of fused-ring (bicyclic) bond motifs is 1. The molecular formula is C14H23N3O. The first-order chi connectivity index (χ1) is 8.90. The average molecular weight is 249 g/mol. The number of ether oxygens (including phenoxy) is 1. The Kier molecular flexibility index (Phi) is 3.66. The van der Waals surface area contributed by atoms with Crippen LogP contribution in [0.4, 0.5) is 0 Å². The van der Waals surface area contributed by atoms with Crippen LogP contribution in [-0.2, 0) is 24.1 Å². The Labute approximate surface area is 109 Å². The second-order valence-corrected chi connectivity index (χ2v) is 5.36. The molecule has 0 spiro atoms. The van der Waals surface area contributed by atoms with Gasteiger partial charge in [-0.1, -0.05) is 0 Å². The molecule has 100 valence electrons. The van der Waals surface area contributed by atoms with E-state index in [9.17, 15) is 0 Å². The van der Waals surface area contributed by atoms with Crippen LogP contribution in [-0.4, -0.2) is 36.4 Å². The zero-order valence-corrected chi connectivity index (χ0v) is 11.2. The fourth-order valence-corrected chi connectivity index (χ4v) is 3.22. The smallest absolute Gasteiger partial charge is 0.110 e. The van der Waals surface area contributed by atoms with Gasteiger partial charge in [-0.3, -0.25) is 0 Å². The lowest BCUT2D eigenvalue weighted by Gasteiger charge is -2.21. The third-order valence-corrected chi connectivity index (χ3v) is 4.18. The zero-order chi connectivity index (χ0) is 12.4. The molecule has 4 heteroatoms. The quantitative estimate of drug-likeness (QED) is 0.878. The van der Waals surface area contributed by atoms with Gasteiger partial charge in [-0.25, -0.2) is 4.98 Å². The summed E-state index contributed by atoms with van der Waals surface area (Å²) in [6, 6.07) is 0. The lowest BCUT2D eigenvalue weighted by atomic mass is 9.94. The minimum Gasteiger partial charge on any atom is -0.381 e. The summed E-state index contributed by atoms with van der Waals surface area (Å²) in [7, 11) is 2.01. The lowest BCUT2D eigenvalue weighted by molar-refractivity contribution is 0.0844. The number of aromatic nitrogens is 2. The summed E-state index contributed by atoms with van der Waals surface area (Å²) < 4.78 is 7.94. The third-order valence-electron chi connectivity index (χ3n) is 4.18. The molecule has 0 radical (unpaired) electrons. The van der Waals surface area contributed by atoms with Gasteiger partial charge in [0.05, 0.1) is 5.69 Å². The molecule has 0 unspecified atom stereocenters. The molecule has 1 aromatic heterocycles. The molecule has 3 rings (SSSR count). The van der Waals surface area contributed by atoms with Gasteiger partial charge in [0.25, 0.3) is 0 Å². The van der Waals surface area contributed by atoms with E-state index < -0.39 is 0 Å². The van der Waals surface area contributed by atoms with E-state index in [1.807, 2.05) is 7.05 Å². The van der Waals surface area contributed by atoms with Crippen LogP contribution in [0, 0.1) is 0 Å². The van der Waals surface area contributed by atoms with Crippen molar-refractivity contribution in [2.45, 2.75) is 44.6 Å². The molecule has 3 heterocycles. The van der Waals surface area contributed by atoms with Crippen molar-refractivity contribution in [3.63, 3.8) is 0 Å². The van der Waals surface area contributed by atoms with Gasteiger partial charge in [-0.2, -0.15) is 0 Å². The van der Waals surface area contributed by atoms with E-state index >= 15 is 0 Å². The van der Waals surface area contributed by atoms with Crippen molar-refractivity contribution in [3.8, 4) is 0 Å². The molecule has 2 aliphatic heterocycles. The summed E-state index contributed by atoms with van der Waals surface area (Å²) in [4.78, 5) is 4.96. The first-order valence-electron chi connectivity index (χ1n) is 7.20. The van der Waals surface area contributed by atoms with Crippen LogP contribution in [0.15, 0.2) is 0 Å². The normalized spacial score (nSPS) is 20.3. The standard InChI is InChI=1S/C14H23N3O/c1-15-7-4-13-16-14(11-5-9-18-10-6-11)12-3-2-8-17(12)13/h11,15H,2-10H2,1H3. The van der Waals surface area contributed by atoms with E-state index in [1.165, 1.54) is 36.6 Å². The number of nitrogens with one attached hydrogen (secondary N) is 1. The molecule has 2 aliphatic rings. The van der Waals surface area contributed by atoms with E-state index in [-0.39, 0.29) is 0 Å². The molecule has 0 amide bonds. The Bertz CT molecular complexity index is 407. The van der Waals surface area contributed by atoms with Crippen LogP contribution in [0.25, 0.3) is 0 Å². The van der Waals surface area contributed by atoms with Crippen LogP contribution in [0.5, 0.6) is 0 Å². The van der Waals surface area contributed by atoms with Gasteiger partial charge in [-0.05, 0) is 32.7 Å². The van der Waals surface area contributed by atoms with E-state index in [4.69, 9.17) is 9.72 Å². The van der Waals surface area contributed by atoms with E-state index in [0.717, 1.165) is 39.0 Å². The van der Waals surface area contributed by atoms with Crippen LogP contribution in [0.2, 0.25) is 0 Å². The van der Waals surface area contributed by atoms with E-state index in [0.29, 0.717) is 5.92 Å². The van der Waals surface area contributed by atoms with Crippen LogP contribution in [0.3, 0.4) is 0 Å². The van der Waals surface area contributed by atoms with Crippen LogP contribution >= 0.6 is 0 Å². The SMILES string of the molecule is CNCCc1nc(C2CCOCC2)c2n1CCC2. The van der Waals surface area contributed by atoms with Gasteiger partial charge in [0, 0.05) is 44.3 Å². The predicted octanol–water partition coefficient (Wildman–Crippen LogP) is 1.49. The second kappa shape index (κ2) is 5.41. The number of nitrogens with zero attached hydrogens (tertiary/aromatic N) is 2. The Balaban J connectivity index is 1.85. The Morgan fingerprint density at radius 1 is 1.39 bits per heavy atom. The highest BCUT2D eigenvalue weighted by Gasteiger charge is 2.27. The monoisotopic (exact) mass is 249 g/mol. The zero-order valence-electron chi connectivity index (χ0n) is 11.2. The second-order valence-electron chi connectivity index (χ2n) is 5.36. The summed E-state index contributed by atoms with van der Waals surface area (Å²) >= 11 is 0. The van der Waals surface area contributed by atoms with E-state index in [1.54, 1.807) is 0 Å². The highest BCUT2D eigenvalue weighted by molar-refractivity contribution is 5.24. The molecule has 18 heavy (non-hydrogen) atoms. The maximum Gasteiger partial charge on any atom is 0.110 e. The van der Waals surface area contributed by atoms with Crippen LogP contribution in [0.1, 0.15) is 42.4 Å². The van der Waals surface area contributed by atoms with Crippen molar-refractivity contribution in [1.82, 2.24) is 14.9 Å². The lowest BCUT2D eigenvalue weighted by Crippen LogP contribution is -2.15. The largest absolute Gasteiger partial charge is 0.381 e. The van der Waals surface area contributed by atoms with E-state index in [2.05, 4.69) is 9.88 Å². The minimum atomic E-state index is 0.640. The molecule has 0 bridgehead atoms. The molecule has 1 fully saturated rings. The summed E-state index contributed by atoms with van der Waals surface area (Å²) in [6.45, 7) is 4.00. The van der Waals surface area contributed by atoms with Crippen molar-refractivity contribution in [3.05, 3.63) is 17.2 Å². The molecule has 4 nitrogen and oxygen atoms in total. The summed E-state index contributed by atoms with van der Waals surface area (Å²) in [5.41, 5.74) is 2.91. The number of hydrogen-bond acceptors (Lipinski definition) is 3.